The molecule has 5 N–H and O–H groups in total. The predicted molar refractivity (Wildman–Crippen MR) is 96.6 cm³/mol. The van der Waals surface area contributed by atoms with E-state index < -0.39 is 31.1 Å². The van der Waals surface area contributed by atoms with Gasteiger partial charge in [-0.25, -0.2) is 15.0 Å². The van der Waals surface area contributed by atoms with Crippen molar-refractivity contribution >= 4 is 17.4 Å². The van der Waals surface area contributed by atoms with Crippen LogP contribution in [0.25, 0.3) is 5.82 Å². The van der Waals surface area contributed by atoms with Crippen molar-refractivity contribution in [2.75, 3.05) is 13.3 Å². The van der Waals surface area contributed by atoms with Gasteiger partial charge in [0.25, 0.3) is 0 Å². The van der Waals surface area contributed by atoms with Crippen molar-refractivity contribution in [3.63, 3.8) is 0 Å². The Bertz CT molecular complexity index is 983. The molecule has 1 fully saturated rings. The van der Waals surface area contributed by atoms with Crippen LogP contribution in [0.1, 0.15) is 11.8 Å². The molecule has 11 heteroatoms. The van der Waals surface area contributed by atoms with Gasteiger partial charge in [-0.1, -0.05) is 23.7 Å². The van der Waals surface area contributed by atoms with Crippen molar-refractivity contribution in [1.29, 1.82) is 0 Å². The van der Waals surface area contributed by atoms with Gasteiger partial charge in [0, 0.05) is 5.02 Å². The number of hydrogen-bond acceptors (Lipinski definition) is 9. The van der Waals surface area contributed by atoms with E-state index in [1.165, 1.54) is 16.0 Å². The fourth-order valence-electron chi connectivity index (χ4n) is 3.20. The van der Waals surface area contributed by atoms with E-state index >= 15 is 0 Å². The Labute approximate surface area is 164 Å². The van der Waals surface area contributed by atoms with Gasteiger partial charge in [0.15, 0.2) is 17.5 Å². The molecule has 1 aromatic heterocycles. The molecule has 0 unspecified atom stereocenters. The van der Waals surface area contributed by atoms with Crippen LogP contribution in [0.5, 0.6) is 0 Å². The molecule has 0 radical (unpaired) electrons. The maximum atomic E-state index is 10.2. The normalized spacial score (nSPS) is 27.0. The number of aliphatic hydroxyl groups is 3. The number of nitrogens with two attached hydrogens (primary N) is 1. The molecular weight excluding hydrogens is 390 g/mol. The molecule has 10 nitrogen and oxygen atoms in total. The van der Waals surface area contributed by atoms with E-state index in [4.69, 9.17) is 26.9 Å². The molecule has 1 saturated heterocycles. The highest BCUT2D eigenvalue weighted by Gasteiger charge is 2.43. The summed E-state index contributed by atoms with van der Waals surface area (Å²) in [6.07, 6.45) is -2.85. The zero-order valence-electron chi connectivity index (χ0n) is 14.7. The maximum Gasteiger partial charge on any atom is 0.165 e. The fraction of sp³-hybridized carbons (Fsp3) is 0.412. The van der Waals surface area contributed by atoms with E-state index in [9.17, 15) is 15.3 Å². The molecule has 0 saturated carbocycles. The lowest BCUT2D eigenvalue weighted by molar-refractivity contribution is -0.124. The maximum absolute atomic E-state index is 10.2. The lowest BCUT2D eigenvalue weighted by Gasteiger charge is -2.24. The van der Waals surface area contributed by atoms with E-state index in [0.29, 0.717) is 15.9 Å². The molecule has 0 bridgehead atoms. The SMILES string of the molecule is NC1=c2ncn([C@@H]3O[C@H](CO)[C@@H](O)[C@H]3O)c2=NCN1OCc1cccc(Cl)c1. The second-order valence-corrected chi connectivity index (χ2v) is 6.96. The third-order valence-corrected chi connectivity index (χ3v) is 4.93. The first kappa shape index (κ1) is 19.1. The lowest BCUT2D eigenvalue weighted by Crippen LogP contribution is -2.47. The summed E-state index contributed by atoms with van der Waals surface area (Å²) in [7, 11) is 0. The molecule has 0 amide bonds. The largest absolute Gasteiger partial charge is 0.394 e. The number of ether oxygens (including phenoxy) is 1. The standard InChI is InChI=1S/C17H20ClN5O5/c18-10-3-1-2-9(4-10)6-27-23-8-21-16-12(15(23)19)20-7-22(16)17-14(26)13(25)11(5-24)28-17/h1-4,7,11,13-14,17,24-26H,5-6,8,19H2/t11-,13-,14-,17-/m1/s1. The molecule has 3 heterocycles. The number of imidazole rings is 1. The number of rotatable bonds is 5. The molecule has 0 spiro atoms. The third-order valence-electron chi connectivity index (χ3n) is 4.70. The van der Waals surface area contributed by atoms with E-state index in [0.717, 1.165) is 5.56 Å². The summed E-state index contributed by atoms with van der Waals surface area (Å²) in [5, 5.41) is 31.8. The molecule has 2 aromatic rings. The highest BCUT2D eigenvalue weighted by Crippen LogP contribution is 2.27. The van der Waals surface area contributed by atoms with Crippen molar-refractivity contribution in [2.45, 2.75) is 31.1 Å². The number of nitrogens with zero attached hydrogens (tertiary/aromatic N) is 4. The van der Waals surface area contributed by atoms with Crippen molar-refractivity contribution in [2.24, 2.45) is 10.7 Å². The van der Waals surface area contributed by atoms with Crippen LogP contribution in [0.3, 0.4) is 0 Å². The Morgan fingerprint density at radius 2 is 2.14 bits per heavy atom. The summed E-state index contributed by atoms with van der Waals surface area (Å²) < 4.78 is 7.02. The number of aromatic nitrogens is 2. The second-order valence-electron chi connectivity index (χ2n) is 6.52. The molecule has 2 aliphatic rings. The van der Waals surface area contributed by atoms with Gasteiger partial charge in [-0.3, -0.25) is 9.40 Å². The fourth-order valence-corrected chi connectivity index (χ4v) is 3.42. The molecule has 4 atom stereocenters. The first-order chi connectivity index (χ1) is 13.5. The van der Waals surface area contributed by atoms with Gasteiger partial charge >= 0.3 is 0 Å². The van der Waals surface area contributed by atoms with Crippen LogP contribution in [0, 0.1) is 0 Å². The van der Waals surface area contributed by atoms with Gasteiger partial charge in [-0.2, -0.15) is 0 Å². The summed E-state index contributed by atoms with van der Waals surface area (Å²) in [5.41, 5.74) is 7.45. The Balaban J connectivity index is 1.56. The molecular formula is C17H20ClN5O5. The van der Waals surface area contributed by atoms with Crippen molar-refractivity contribution in [3.05, 3.63) is 52.0 Å². The van der Waals surface area contributed by atoms with Crippen LogP contribution < -0.4 is 16.6 Å². The van der Waals surface area contributed by atoms with Crippen LogP contribution in [0.4, 0.5) is 0 Å². The second kappa shape index (κ2) is 7.66. The lowest BCUT2D eigenvalue weighted by atomic mass is 10.1. The molecule has 1 aromatic carbocycles. The average Bonchev–Trinajstić information content (AvgIpc) is 3.23. The molecule has 4 rings (SSSR count). The Morgan fingerprint density at radius 3 is 2.86 bits per heavy atom. The number of aliphatic hydroxyl groups excluding tert-OH is 3. The van der Waals surface area contributed by atoms with Gasteiger partial charge in [0.2, 0.25) is 0 Å². The summed E-state index contributed by atoms with van der Waals surface area (Å²) in [5.74, 6) is 0.262. The van der Waals surface area contributed by atoms with E-state index in [2.05, 4.69) is 9.98 Å². The first-order valence-corrected chi connectivity index (χ1v) is 9.02. The van der Waals surface area contributed by atoms with Crippen molar-refractivity contribution in [3.8, 4) is 0 Å². The van der Waals surface area contributed by atoms with Gasteiger partial charge < -0.3 is 25.8 Å². The van der Waals surface area contributed by atoms with Gasteiger partial charge in [-0.15, -0.1) is 0 Å². The highest BCUT2D eigenvalue weighted by atomic mass is 35.5. The van der Waals surface area contributed by atoms with Gasteiger partial charge in [0.05, 0.1) is 12.9 Å². The zero-order chi connectivity index (χ0) is 19.8. The highest BCUT2D eigenvalue weighted by molar-refractivity contribution is 6.30. The number of benzene rings is 1. The van der Waals surface area contributed by atoms with Gasteiger partial charge in [-0.05, 0) is 17.7 Å². The van der Waals surface area contributed by atoms with Crippen molar-refractivity contribution in [1.82, 2.24) is 14.6 Å². The van der Waals surface area contributed by atoms with Crippen LogP contribution >= 0.6 is 11.6 Å². The summed E-state index contributed by atoms with van der Waals surface area (Å²) >= 11 is 5.97. The zero-order valence-corrected chi connectivity index (χ0v) is 15.5. The molecule has 28 heavy (non-hydrogen) atoms. The number of halogens is 1. The summed E-state index contributed by atoms with van der Waals surface area (Å²) in [6.45, 7) is -0.0519. The topological polar surface area (TPSA) is 139 Å². The minimum atomic E-state index is -1.23. The first-order valence-electron chi connectivity index (χ1n) is 8.64. The average molecular weight is 410 g/mol. The van der Waals surface area contributed by atoms with E-state index in [1.807, 2.05) is 12.1 Å². The van der Waals surface area contributed by atoms with Crippen LogP contribution in [0.15, 0.2) is 35.6 Å². The number of hydroxylamine groups is 2. The predicted octanol–water partition coefficient (Wildman–Crippen LogP) is -1.80. The monoisotopic (exact) mass is 409 g/mol. The quantitative estimate of drug-likeness (QED) is 0.453. The Morgan fingerprint density at radius 1 is 1.32 bits per heavy atom. The Hall–Kier alpha value is -2.21. The van der Waals surface area contributed by atoms with Crippen LogP contribution in [-0.4, -0.2) is 61.5 Å². The summed E-state index contributed by atoms with van der Waals surface area (Å²) in [6, 6.07) is 7.28. The third kappa shape index (κ3) is 3.34. The minimum absolute atomic E-state index is 0.111. The molecule has 0 aliphatic carbocycles. The molecule has 150 valence electrons. The minimum Gasteiger partial charge on any atom is -0.394 e. The van der Waals surface area contributed by atoms with Gasteiger partial charge in [0.1, 0.15) is 36.9 Å². The van der Waals surface area contributed by atoms with E-state index in [1.54, 1.807) is 12.1 Å². The van der Waals surface area contributed by atoms with Crippen LogP contribution in [0.2, 0.25) is 5.02 Å². The van der Waals surface area contributed by atoms with E-state index in [-0.39, 0.29) is 19.1 Å². The Kier molecular flexibility index (Phi) is 5.23. The van der Waals surface area contributed by atoms with Crippen molar-refractivity contribution < 1.29 is 24.9 Å². The number of fused-ring (bicyclic) bond motifs is 1. The number of hydrogen-bond donors (Lipinski definition) is 4. The molecule has 2 aliphatic heterocycles. The smallest absolute Gasteiger partial charge is 0.165 e. The van der Waals surface area contributed by atoms with Crippen LogP contribution in [-0.2, 0) is 16.2 Å². The summed E-state index contributed by atoms with van der Waals surface area (Å²) in [4.78, 5) is 14.4.